The van der Waals surface area contributed by atoms with E-state index in [1.165, 1.54) is 6.20 Å². The summed E-state index contributed by atoms with van der Waals surface area (Å²) in [6.07, 6.45) is 1.53. The van der Waals surface area contributed by atoms with Gasteiger partial charge in [-0.25, -0.2) is 9.78 Å². The van der Waals surface area contributed by atoms with Gasteiger partial charge in [0, 0.05) is 22.6 Å². The summed E-state index contributed by atoms with van der Waals surface area (Å²) < 4.78 is 11.6. The van der Waals surface area contributed by atoms with Gasteiger partial charge in [-0.05, 0) is 38.1 Å². The second kappa shape index (κ2) is 8.01. The number of ether oxygens (including phenoxy) is 1. The van der Waals surface area contributed by atoms with Crippen LogP contribution in [0.4, 0.5) is 10.5 Å². The molecule has 2 N–H and O–H groups in total. The fraction of sp³-hybridized carbons (Fsp3) is 0.167. The lowest BCUT2D eigenvalue weighted by atomic mass is 10.2. The van der Waals surface area contributed by atoms with Gasteiger partial charge >= 0.3 is 6.03 Å². The van der Waals surface area contributed by atoms with Crippen LogP contribution < -0.4 is 15.4 Å². The molecule has 2 heterocycles. The first-order valence-electron chi connectivity index (χ1n) is 7.87. The molecule has 2 aromatic heterocycles. The first kappa shape index (κ1) is 17.9. The normalized spacial score (nSPS) is 10.4. The number of halogens is 1. The topological polar surface area (TPSA) is 89.3 Å². The SMILES string of the molecule is Cc1noc(C)c1CNC(=O)Nc1ccc(Oc2cccc(Br)c2)nc1. The van der Waals surface area contributed by atoms with Gasteiger partial charge in [-0.2, -0.15) is 0 Å². The van der Waals surface area contributed by atoms with Crippen LogP contribution >= 0.6 is 15.9 Å². The van der Waals surface area contributed by atoms with Crippen molar-refractivity contribution >= 4 is 27.6 Å². The molecule has 0 atom stereocenters. The average Bonchev–Trinajstić information content (AvgIpc) is 2.93. The molecule has 0 saturated carbocycles. The number of aryl methyl sites for hydroxylation is 2. The minimum atomic E-state index is -0.340. The number of carbonyl (C=O) groups is 1. The van der Waals surface area contributed by atoms with Crippen molar-refractivity contribution in [2.24, 2.45) is 0 Å². The van der Waals surface area contributed by atoms with Gasteiger partial charge in [0.15, 0.2) is 0 Å². The summed E-state index contributed by atoms with van der Waals surface area (Å²) in [7, 11) is 0. The summed E-state index contributed by atoms with van der Waals surface area (Å²) in [5.41, 5.74) is 2.19. The quantitative estimate of drug-likeness (QED) is 0.635. The van der Waals surface area contributed by atoms with Crippen molar-refractivity contribution < 1.29 is 14.1 Å². The summed E-state index contributed by atoms with van der Waals surface area (Å²) in [4.78, 5) is 16.2. The molecule has 8 heteroatoms. The van der Waals surface area contributed by atoms with Crippen LogP contribution in [0.2, 0.25) is 0 Å². The predicted octanol–water partition coefficient (Wildman–Crippen LogP) is 4.56. The maximum Gasteiger partial charge on any atom is 0.319 e. The molecule has 0 aliphatic heterocycles. The Morgan fingerprint density at radius 3 is 2.77 bits per heavy atom. The van der Waals surface area contributed by atoms with E-state index in [0.717, 1.165) is 15.7 Å². The number of nitrogens with zero attached hydrogens (tertiary/aromatic N) is 2. The van der Waals surface area contributed by atoms with Crippen molar-refractivity contribution in [2.75, 3.05) is 5.32 Å². The highest BCUT2D eigenvalue weighted by molar-refractivity contribution is 9.10. The molecule has 0 radical (unpaired) electrons. The summed E-state index contributed by atoms with van der Waals surface area (Å²) in [6, 6.07) is 10.5. The van der Waals surface area contributed by atoms with Crippen LogP contribution in [0.3, 0.4) is 0 Å². The lowest BCUT2D eigenvalue weighted by molar-refractivity contribution is 0.251. The molecule has 3 rings (SSSR count). The third-order valence-electron chi connectivity index (χ3n) is 3.62. The maximum atomic E-state index is 12.0. The van der Waals surface area contributed by atoms with E-state index in [1.54, 1.807) is 12.1 Å². The zero-order valence-corrected chi connectivity index (χ0v) is 15.8. The molecule has 1 aromatic carbocycles. The highest BCUT2D eigenvalue weighted by Crippen LogP contribution is 2.23. The van der Waals surface area contributed by atoms with Crippen molar-refractivity contribution in [3.63, 3.8) is 0 Å². The Kier molecular flexibility index (Phi) is 5.52. The molecule has 0 aliphatic rings. The number of urea groups is 1. The zero-order chi connectivity index (χ0) is 18.5. The van der Waals surface area contributed by atoms with Gasteiger partial charge in [-0.1, -0.05) is 27.2 Å². The number of aromatic nitrogens is 2. The number of anilines is 1. The molecular formula is C18H17BrN4O3. The molecule has 134 valence electrons. The van der Waals surface area contributed by atoms with Crippen molar-refractivity contribution in [3.8, 4) is 11.6 Å². The van der Waals surface area contributed by atoms with Gasteiger partial charge < -0.3 is 19.9 Å². The highest BCUT2D eigenvalue weighted by atomic mass is 79.9. The van der Waals surface area contributed by atoms with Crippen LogP contribution in [0, 0.1) is 13.8 Å². The fourth-order valence-corrected chi connectivity index (χ4v) is 2.64. The number of pyridine rings is 1. The Bertz CT molecular complexity index is 890. The van der Waals surface area contributed by atoms with E-state index < -0.39 is 0 Å². The van der Waals surface area contributed by atoms with Crippen molar-refractivity contribution in [2.45, 2.75) is 20.4 Å². The maximum absolute atomic E-state index is 12.0. The molecule has 0 spiro atoms. The minimum absolute atomic E-state index is 0.338. The average molecular weight is 417 g/mol. The summed E-state index contributed by atoms with van der Waals surface area (Å²) in [6.45, 7) is 3.98. The lowest BCUT2D eigenvalue weighted by Gasteiger charge is -2.08. The number of carbonyl (C=O) groups excluding carboxylic acids is 1. The fourth-order valence-electron chi connectivity index (χ4n) is 2.26. The predicted molar refractivity (Wildman–Crippen MR) is 100 cm³/mol. The van der Waals surface area contributed by atoms with Crippen molar-refractivity contribution in [1.29, 1.82) is 0 Å². The number of rotatable bonds is 5. The van der Waals surface area contributed by atoms with Crippen LogP contribution in [0.25, 0.3) is 0 Å². The summed E-state index contributed by atoms with van der Waals surface area (Å²) in [5, 5.41) is 9.33. The standard InChI is InChI=1S/C18H17BrN4O3/c1-11-16(12(2)26-23-11)10-21-18(24)22-14-6-7-17(20-9-14)25-15-5-3-4-13(19)8-15/h3-9H,10H2,1-2H3,(H2,21,22,24). The molecule has 0 aliphatic carbocycles. The molecule has 3 aromatic rings. The van der Waals surface area contributed by atoms with Gasteiger partial charge in [-0.15, -0.1) is 0 Å². The van der Waals surface area contributed by atoms with E-state index in [4.69, 9.17) is 9.26 Å². The Balaban J connectivity index is 1.54. The first-order valence-corrected chi connectivity index (χ1v) is 8.66. The Morgan fingerprint density at radius 2 is 2.12 bits per heavy atom. The molecule has 7 nitrogen and oxygen atoms in total. The molecule has 0 saturated heterocycles. The smallest absolute Gasteiger partial charge is 0.319 e. The van der Waals surface area contributed by atoms with Crippen LogP contribution in [0.5, 0.6) is 11.6 Å². The van der Waals surface area contributed by atoms with Crippen LogP contribution in [0.1, 0.15) is 17.0 Å². The molecule has 26 heavy (non-hydrogen) atoms. The van der Waals surface area contributed by atoms with Crippen LogP contribution in [-0.4, -0.2) is 16.2 Å². The van der Waals surface area contributed by atoms with E-state index in [0.29, 0.717) is 29.6 Å². The van der Waals surface area contributed by atoms with Gasteiger partial charge in [0.2, 0.25) is 5.88 Å². The molecule has 0 unspecified atom stereocenters. The van der Waals surface area contributed by atoms with Gasteiger partial charge in [0.1, 0.15) is 11.5 Å². The van der Waals surface area contributed by atoms with Crippen molar-refractivity contribution in [1.82, 2.24) is 15.5 Å². The van der Waals surface area contributed by atoms with Crippen molar-refractivity contribution in [3.05, 3.63) is 64.1 Å². The number of hydrogen-bond donors (Lipinski definition) is 2. The molecule has 2 amide bonds. The molecular weight excluding hydrogens is 400 g/mol. The van der Waals surface area contributed by atoms with E-state index in [2.05, 4.69) is 36.7 Å². The second-order valence-electron chi connectivity index (χ2n) is 5.55. The van der Waals surface area contributed by atoms with E-state index in [9.17, 15) is 4.79 Å². The Labute approximate surface area is 158 Å². The Hall–Kier alpha value is -2.87. The number of amides is 2. The largest absolute Gasteiger partial charge is 0.439 e. The molecule has 0 bridgehead atoms. The van der Waals surface area contributed by atoms with Crippen LogP contribution in [0.15, 0.2) is 51.6 Å². The third kappa shape index (κ3) is 4.60. The van der Waals surface area contributed by atoms with Crippen LogP contribution in [-0.2, 0) is 6.54 Å². The lowest BCUT2D eigenvalue weighted by Crippen LogP contribution is -2.28. The van der Waals surface area contributed by atoms with Gasteiger partial charge in [-0.3, -0.25) is 0 Å². The molecule has 0 fully saturated rings. The monoisotopic (exact) mass is 416 g/mol. The number of hydrogen-bond acceptors (Lipinski definition) is 5. The number of nitrogens with one attached hydrogen (secondary N) is 2. The van der Waals surface area contributed by atoms with Gasteiger partial charge in [0.25, 0.3) is 0 Å². The second-order valence-corrected chi connectivity index (χ2v) is 6.47. The third-order valence-corrected chi connectivity index (χ3v) is 4.11. The minimum Gasteiger partial charge on any atom is -0.439 e. The summed E-state index contributed by atoms with van der Waals surface area (Å²) >= 11 is 3.39. The summed E-state index contributed by atoms with van der Waals surface area (Å²) in [5.74, 6) is 1.80. The highest BCUT2D eigenvalue weighted by Gasteiger charge is 2.10. The Morgan fingerprint density at radius 1 is 1.27 bits per heavy atom. The first-order chi connectivity index (χ1) is 12.5. The van der Waals surface area contributed by atoms with E-state index in [-0.39, 0.29) is 6.03 Å². The van der Waals surface area contributed by atoms with E-state index >= 15 is 0 Å². The van der Waals surface area contributed by atoms with E-state index in [1.807, 2.05) is 38.1 Å². The number of benzene rings is 1. The zero-order valence-electron chi connectivity index (χ0n) is 14.2. The van der Waals surface area contributed by atoms with Gasteiger partial charge in [0.05, 0.1) is 17.6 Å².